The van der Waals surface area contributed by atoms with Crippen molar-refractivity contribution in [3.05, 3.63) is 42.0 Å². The highest BCUT2D eigenvalue weighted by molar-refractivity contribution is 7.98. The van der Waals surface area contributed by atoms with Crippen LogP contribution in [0.2, 0.25) is 0 Å². The molecule has 1 aliphatic rings. The lowest BCUT2D eigenvalue weighted by Gasteiger charge is -2.08. The lowest BCUT2D eigenvalue weighted by Crippen LogP contribution is -1.96. The third-order valence-corrected chi connectivity index (χ3v) is 4.02. The van der Waals surface area contributed by atoms with Gasteiger partial charge < -0.3 is 14.2 Å². The molecular weight excluding hydrogens is 298 g/mol. The first-order valence-corrected chi connectivity index (χ1v) is 8.28. The first-order chi connectivity index (χ1) is 10.8. The molecule has 0 atom stereocenters. The average Bonchev–Trinajstić information content (AvgIpc) is 3.00. The van der Waals surface area contributed by atoms with Crippen LogP contribution in [-0.2, 0) is 0 Å². The van der Waals surface area contributed by atoms with Crippen LogP contribution in [0, 0.1) is 0 Å². The summed E-state index contributed by atoms with van der Waals surface area (Å²) in [6, 6.07) is 11.8. The molecule has 0 saturated carbocycles. The summed E-state index contributed by atoms with van der Waals surface area (Å²) in [4.78, 5) is 5.73. The fraction of sp³-hybridized carbons (Fsp3) is 0.235. The summed E-state index contributed by atoms with van der Waals surface area (Å²) in [6.07, 6.45) is 3.85. The van der Waals surface area contributed by atoms with Crippen molar-refractivity contribution < 1.29 is 14.2 Å². The van der Waals surface area contributed by atoms with Crippen molar-refractivity contribution in [1.29, 1.82) is 0 Å². The second-order valence-electron chi connectivity index (χ2n) is 4.61. The maximum absolute atomic E-state index is 5.68. The number of ether oxygens (including phenoxy) is 3. The Hall–Kier alpha value is -2.14. The Morgan fingerprint density at radius 2 is 2.00 bits per heavy atom. The monoisotopic (exact) mass is 315 g/mol. The Kier molecular flexibility index (Phi) is 4.53. The SMILES string of the molecule is CCOc1cc2c(cc1C=Nc1ccccc1SC)OCO2. The molecule has 22 heavy (non-hydrogen) atoms. The van der Waals surface area contributed by atoms with Crippen molar-refractivity contribution in [3.63, 3.8) is 0 Å². The van der Waals surface area contributed by atoms with Gasteiger partial charge in [0.25, 0.3) is 0 Å². The molecule has 0 amide bonds. The van der Waals surface area contributed by atoms with Gasteiger partial charge in [-0.15, -0.1) is 11.8 Å². The van der Waals surface area contributed by atoms with Crippen molar-refractivity contribution in [2.45, 2.75) is 11.8 Å². The normalized spacial score (nSPS) is 12.8. The zero-order chi connectivity index (χ0) is 15.4. The Bertz CT molecular complexity index is 700. The van der Waals surface area contributed by atoms with Gasteiger partial charge in [-0.05, 0) is 31.4 Å². The lowest BCUT2D eigenvalue weighted by molar-refractivity contribution is 0.174. The quantitative estimate of drug-likeness (QED) is 0.610. The first-order valence-electron chi connectivity index (χ1n) is 7.05. The van der Waals surface area contributed by atoms with Gasteiger partial charge >= 0.3 is 0 Å². The van der Waals surface area contributed by atoms with Crippen LogP contribution in [0.5, 0.6) is 17.2 Å². The summed E-state index contributed by atoms with van der Waals surface area (Å²) in [6.45, 7) is 2.78. The summed E-state index contributed by atoms with van der Waals surface area (Å²) in [5.41, 5.74) is 1.82. The number of para-hydroxylation sites is 1. The number of nitrogens with zero attached hydrogens (tertiary/aromatic N) is 1. The Morgan fingerprint density at radius 3 is 2.77 bits per heavy atom. The van der Waals surface area contributed by atoms with E-state index in [4.69, 9.17) is 14.2 Å². The molecule has 2 aromatic carbocycles. The fourth-order valence-electron chi connectivity index (χ4n) is 2.20. The number of hydrogen-bond donors (Lipinski definition) is 0. The molecule has 1 heterocycles. The van der Waals surface area contributed by atoms with Crippen molar-refractivity contribution in [1.82, 2.24) is 0 Å². The maximum atomic E-state index is 5.68. The minimum atomic E-state index is 0.247. The number of rotatable bonds is 5. The van der Waals surface area contributed by atoms with E-state index in [1.54, 1.807) is 11.8 Å². The van der Waals surface area contributed by atoms with Crippen LogP contribution in [0.25, 0.3) is 0 Å². The van der Waals surface area contributed by atoms with Crippen LogP contribution in [-0.4, -0.2) is 25.9 Å². The van der Waals surface area contributed by atoms with Crippen molar-refractivity contribution >= 4 is 23.7 Å². The lowest BCUT2D eigenvalue weighted by atomic mass is 10.2. The smallest absolute Gasteiger partial charge is 0.231 e. The second kappa shape index (κ2) is 6.75. The average molecular weight is 315 g/mol. The topological polar surface area (TPSA) is 40.0 Å². The van der Waals surface area contributed by atoms with Gasteiger partial charge in [-0.25, -0.2) is 0 Å². The van der Waals surface area contributed by atoms with Crippen LogP contribution >= 0.6 is 11.8 Å². The molecule has 0 N–H and O–H groups in total. The van der Waals surface area contributed by atoms with Crippen LogP contribution in [0.15, 0.2) is 46.3 Å². The van der Waals surface area contributed by atoms with Crippen LogP contribution in [0.4, 0.5) is 5.69 Å². The Morgan fingerprint density at radius 1 is 1.23 bits per heavy atom. The van der Waals surface area contributed by atoms with Gasteiger partial charge in [0, 0.05) is 22.7 Å². The van der Waals surface area contributed by atoms with Gasteiger partial charge in [-0.3, -0.25) is 4.99 Å². The molecule has 5 heteroatoms. The molecule has 0 bridgehead atoms. The predicted octanol–water partition coefficient (Wildman–Crippen LogP) is 4.29. The minimum Gasteiger partial charge on any atom is -0.493 e. The van der Waals surface area contributed by atoms with Crippen LogP contribution in [0.1, 0.15) is 12.5 Å². The van der Waals surface area contributed by atoms with E-state index in [2.05, 4.69) is 11.1 Å². The van der Waals surface area contributed by atoms with E-state index >= 15 is 0 Å². The highest BCUT2D eigenvalue weighted by atomic mass is 32.2. The van der Waals surface area contributed by atoms with Gasteiger partial charge in [0.15, 0.2) is 11.5 Å². The zero-order valence-electron chi connectivity index (χ0n) is 12.5. The largest absolute Gasteiger partial charge is 0.493 e. The number of thioether (sulfide) groups is 1. The molecule has 0 fully saturated rings. The number of aliphatic imine (C=N–C) groups is 1. The van der Waals surface area contributed by atoms with Crippen LogP contribution in [0.3, 0.4) is 0 Å². The summed E-state index contributed by atoms with van der Waals surface area (Å²) in [5.74, 6) is 2.19. The first kappa shape index (κ1) is 14.8. The summed E-state index contributed by atoms with van der Waals surface area (Å²) in [5, 5.41) is 0. The molecule has 0 saturated heterocycles. The standard InChI is InChI=1S/C17H17NO3S/c1-3-19-14-9-16-15(20-11-21-16)8-12(14)10-18-13-6-4-5-7-17(13)22-2/h4-10H,3,11H2,1-2H3. The molecule has 0 aromatic heterocycles. The zero-order valence-corrected chi connectivity index (χ0v) is 13.4. The minimum absolute atomic E-state index is 0.247. The fourth-order valence-corrected chi connectivity index (χ4v) is 2.74. The molecule has 0 spiro atoms. The molecule has 0 aliphatic carbocycles. The summed E-state index contributed by atoms with van der Waals surface area (Å²) >= 11 is 1.68. The van der Waals surface area contributed by atoms with Gasteiger partial charge in [0.2, 0.25) is 6.79 Å². The summed E-state index contributed by atoms with van der Waals surface area (Å²) in [7, 11) is 0. The third kappa shape index (κ3) is 3.04. The molecule has 114 valence electrons. The summed E-state index contributed by atoms with van der Waals surface area (Å²) < 4.78 is 16.5. The van der Waals surface area contributed by atoms with E-state index in [0.29, 0.717) is 12.4 Å². The van der Waals surface area contributed by atoms with E-state index in [9.17, 15) is 0 Å². The highest BCUT2D eigenvalue weighted by Gasteiger charge is 2.17. The number of benzene rings is 2. The van der Waals surface area contributed by atoms with Gasteiger partial charge in [-0.1, -0.05) is 12.1 Å². The van der Waals surface area contributed by atoms with E-state index in [0.717, 1.165) is 27.6 Å². The molecule has 3 rings (SSSR count). The van der Waals surface area contributed by atoms with E-state index in [1.807, 2.05) is 49.7 Å². The molecule has 0 radical (unpaired) electrons. The van der Waals surface area contributed by atoms with Crippen molar-refractivity contribution in [2.75, 3.05) is 19.7 Å². The third-order valence-electron chi connectivity index (χ3n) is 3.23. The molecular formula is C17H17NO3S. The van der Waals surface area contributed by atoms with Gasteiger partial charge in [0.05, 0.1) is 12.3 Å². The maximum Gasteiger partial charge on any atom is 0.231 e. The Labute approximate surface area is 134 Å². The number of hydrogen-bond acceptors (Lipinski definition) is 5. The molecule has 4 nitrogen and oxygen atoms in total. The molecule has 1 aliphatic heterocycles. The van der Waals surface area contributed by atoms with E-state index < -0.39 is 0 Å². The molecule has 2 aromatic rings. The number of fused-ring (bicyclic) bond motifs is 1. The highest BCUT2D eigenvalue weighted by Crippen LogP contribution is 2.38. The van der Waals surface area contributed by atoms with Crippen LogP contribution < -0.4 is 14.2 Å². The predicted molar refractivity (Wildman–Crippen MR) is 89.2 cm³/mol. The van der Waals surface area contributed by atoms with E-state index in [1.165, 1.54) is 0 Å². The van der Waals surface area contributed by atoms with E-state index in [-0.39, 0.29) is 6.79 Å². The molecule has 0 unspecified atom stereocenters. The van der Waals surface area contributed by atoms with Gasteiger partial charge in [-0.2, -0.15) is 0 Å². The second-order valence-corrected chi connectivity index (χ2v) is 5.45. The van der Waals surface area contributed by atoms with Crippen molar-refractivity contribution in [2.24, 2.45) is 4.99 Å². The van der Waals surface area contributed by atoms with Crippen molar-refractivity contribution in [3.8, 4) is 17.2 Å². The Balaban J connectivity index is 1.95. The van der Waals surface area contributed by atoms with Gasteiger partial charge in [0.1, 0.15) is 5.75 Å².